The smallest absolute Gasteiger partial charge is 0.0221 e. The van der Waals surface area contributed by atoms with E-state index in [1.165, 1.54) is 58.2 Å². The monoisotopic (exact) mass is 226 g/mol. The van der Waals surface area contributed by atoms with Crippen molar-refractivity contribution in [1.29, 1.82) is 0 Å². The fourth-order valence-electron chi connectivity index (χ4n) is 2.72. The summed E-state index contributed by atoms with van der Waals surface area (Å²) in [6, 6.07) is 1.54. The van der Waals surface area contributed by atoms with Crippen molar-refractivity contribution >= 4 is 0 Å². The van der Waals surface area contributed by atoms with Crippen LogP contribution in [0, 0.1) is 0 Å². The molecule has 1 heterocycles. The van der Waals surface area contributed by atoms with Gasteiger partial charge in [-0.2, -0.15) is 0 Å². The van der Waals surface area contributed by atoms with Crippen LogP contribution in [0.4, 0.5) is 0 Å². The van der Waals surface area contributed by atoms with Crippen molar-refractivity contribution in [3.8, 4) is 0 Å². The van der Waals surface area contributed by atoms with E-state index in [1.807, 2.05) is 0 Å². The van der Waals surface area contributed by atoms with Gasteiger partial charge in [0.05, 0.1) is 0 Å². The van der Waals surface area contributed by atoms with Crippen LogP contribution < -0.4 is 5.32 Å². The second-order valence-electron chi connectivity index (χ2n) is 5.18. The summed E-state index contributed by atoms with van der Waals surface area (Å²) in [5.74, 6) is 0. The molecule has 2 nitrogen and oxygen atoms in total. The molecule has 2 atom stereocenters. The van der Waals surface area contributed by atoms with Crippen molar-refractivity contribution < 1.29 is 0 Å². The lowest BCUT2D eigenvalue weighted by atomic mass is 10.0. The average Bonchev–Trinajstić information content (AvgIpc) is 2.30. The Bertz CT molecular complexity index is 170. The van der Waals surface area contributed by atoms with Crippen LogP contribution in [-0.2, 0) is 0 Å². The lowest BCUT2D eigenvalue weighted by Gasteiger charge is -2.40. The summed E-state index contributed by atoms with van der Waals surface area (Å²) in [4.78, 5) is 2.74. The Balaban J connectivity index is 2.40. The van der Waals surface area contributed by atoms with E-state index >= 15 is 0 Å². The Morgan fingerprint density at radius 1 is 1.06 bits per heavy atom. The Morgan fingerprint density at radius 2 is 1.81 bits per heavy atom. The molecule has 1 aliphatic heterocycles. The number of nitrogens with zero attached hydrogens (tertiary/aromatic N) is 1. The molecule has 16 heavy (non-hydrogen) atoms. The maximum Gasteiger partial charge on any atom is 0.0221 e. The number of hydrogen-bond donors (Lipinski definition) is 1. The van der Waals surface area contributed by atoms with Gasteiger partial charge >= 0.3 is 0 Å². The van der Waals surface area contributed by atoms with Gasteiger partial charge in [-0.15, -0.1) is 0 Å². The van der Waals surface area contributed by atoms with Gasteiger partial charge in [0.15, 0.2) is 0 Å². The van der Waals surface area contributed by atoms with Gasteiger partial charge in [-0.3, -0.25) is 4.90 Å². The standard InChI is InChI=1S/C14H30N2/c1-4-7-10-16-12-13(8-5-2)15-11-14(16)9-6-3/h13-15H,4-12H2,1-3H3. The Kier molecular flexibility index (Phi) is 7.06. The molecule has 2 unspecified atom stereocenters. The highest BCUT2D eigenvalue weighted by Crippen LogP contribution is 2.15. The maximum atomic E-state index is 3.72. The molecule has 96 valence electrons. The van der Waals surface area contributed by atoms with Gasteiger partial charge in [-0.1, -0.05) is 40.0 Å². The molecule has 1 fully saturated rings. The third kappa shape index (κ3) is 4.42. The number of piperazine rings is 1. The molecule has 0 aromatic heterocycles. The van der Waals surface area contributed by atoms with Gasteiger partial charge in [0.25, 0.3) is 0 Å². The molecule has 0 aromatic carbocycles. The molecule has 1 N–H and O–H groups in total. The lowest BCUT2D eigenvalue weighted by Crippen LogP contribution is -2.56. The van der Waals surface area contributed by atoms with Crippen LogP contribution in [0.2, 0.25) is 0 Å². The predicted molar refractivity (Wildman–Crippen MR) is 71.9 cm³/mol. The van der Waals surface area contributed by atoms with Gasteiger partial charge in [-0.05, 0) is 25.8 Å². The van der Waals surface area contributed by atoms with Crippen LogP contribution in [0.1, 0.15) is 59.3 Å². The van der Waals surface area contributed by atoms with Gasteiger partial charge in [0.2, 0.25) is 0 Å². The summed E-state index contributed by atoms with van der Waals surface area (Å²) >= 11 is 0. The Morgan fingerprint density at radius 3 is 2.44 bits per heavy atom. The quantitative estimate of drug-likeness (QED) is 0.718. The molecule has 2 heteroatoms. The third-order valence-electron chi connectivity index (χ3n) is 3.67. The van der Waals surface area contributed by atoms with E-state index in [0.717, 1.165) is 12.1 Å². The molecule has 0 aromatic rings. The molecular weight excluding hydrogens is 196 g/mol. The summed E-state index contributed by atoms with van der Waals surface area (Å²) in [6.45, 7) is 10.7. The number of hydrogen-bond acceptors (Lipinski definition) is 2. The van der Waals surface area contributed by atoms with Gasteiger partial charge in [0.1, 0.15) is 0 Å². The highest BCUT2D eigenvalue weighted by Gasteiger charge is 2.25. The number of nitrogens with one attached hydrogen (secondary N) is 1. The summed E-state index contributed by atoms with van der Waals surface area (Å²) in [5.41, 5.74) is 0. The minimum absolute atomic E-state index is 0.745. The molecular formula is C14H30N2. The largest absolute Gasteiger partial charge is 0.311 e. The summed E-state index contributed by atoms with van der Waals surface area (Å²) in [6.07, 6.45) is 7.99. The molecule has 0 radical (unpaired) electrons. The first-order valence-corrected chi connectivity index (χ1v) is 7.29. The van der Waals surface area contributed by atoms with E-state index in [2.05, 4.69) is 31.0 Å². The second-order valence-corrected chi connectivity index (χ2v) is 5.18. The zero-order chi connectivity index (χ0) is 11.8. The van der Waals surface area contributed by atoms with E-state index in [-0.39, 0.29) is 0 Å². The van der Waals surface area contributed by atoms with Crippen LogP contribution in [0.15, 0.2) is 0 Å². The summed E-state index contributed by atoms with van der Waals surface area (Å²) in [7, 11) is 0. The summed E-state index contributed by atoms with van der Waals surface area (Å²) in [5, 5.41) is 3.72. The van der Waals surface area contributed by atoms with Crippen molar-refractivity contribution in [2.24, 2.45) is 0 Å². The molecule has 0 aliphatic carbocycles. The van der Waals surface area contributed by atoms with Crippen molar-refractivity contribution in [2.75, 3.05) is 19.6 Å². The molecule has 0 saturated carbocycles. The third-order valence-corrected chi connectivity index (χ3v) is 3.67. The first-order valence-electron chi connectivity index (χ1n) is 7.29. The molecule has 1 saturated heterocycles. The van der Waals surface area contributed by atoms with Crippen LogP contribution in [-0.4, -0.2) is 36.6 Å². The molecule has 0 bridgehead atoms. The van der Waals surface area contributed by atoms with Crippen molar-refractivity contribution in [3.63, 3.8) is 0 Å². The first kappa shape index (κ1) is 14.0. The fraction of sp³-hybridized carbons (Fsp3) is 1.00. The van der Waals surface area contributed by atoms with Crippen LogP contribution in [0.5, 0.6) is 0 Å². The maximum absolute atomic E-state index is 3.72. The topological polar surface area (TPSA) is 15.3 Å². The van der Waals surface area contributed by atoms with Crippen molar-refractivity contribution in [1.82, 2.24) is 10.2 Å². The highest BCUT2D eigenvalue weighted by atomic mass is 15.2. The first-order chi connectivity index (χ1) is 7.81. The average molecular weight is 226 g/mol. The normalized spacial score (nSPS) is 27.2. The van der Waals surface area contributed by atoms with Crippen LogP contribution >= 0.6 is 0 Å². The van der Waals surface area contributed by atoms with E-state index < -0.39 is 0 Å². The lowest BCUT2D eigenvalue weighted by molar-refractivity contribution is 0.117. The van der Waals surface area contributed by atoms with E-state index in [4.69, 9.17) is 0 Å². The van der Waals surface area contributed by atoms with Crippen molar-refractivity contribution in [3.05, 3.63) is 0 Å². The number of rotatable bonds is 7. The second kappa shape index (κ2) is 8.08. The predicted octanol–water partition coefficient (Wildman–Crippen LogP) is 3.03. The Labute approximate surface area is 102 Å². The fourth-order valence-corrected chi connectivity index (χ4v) is 2.72. The minimum Gasteiger partial charge on any atom is -0.311 e. The van der Waals surface area contributed by atoms with Crippen LogP contribution in [0.3, 0.4) is 0 Å². The molecule has 1 aliphatic rings. The van der Waals surface area contributed by atoms with Gasteiger partial charge < -0.3 is 5.32 Å². The minimum atomic E-state index is 0.745. The van der Waals surface area contributed by atoms with E-state index in [1.54, 1.807) is 0 Å². The SMILES string of the molecule is CCCCN1CC(CCC)NCC1CCC. The zero-order valence-corrected chi connectivity index (χ0v) is 11.5. The molecule has 0 spiro atoms. The molecule has 0 amide bonds. The Hall–Kier alpha value is -0.0800. The number of unbranched alkanes of at least 4 members (excludes halogenated alkanes) is 1. The highest BCUT2D eigenvalue weighted by molar-refractivity contribution is 4.85. The van der Waals surface area contributed by atoms with Crippen LogP contribution in [0.25, 0.3) is 0 Å². The van der Waals surface area contributed by atoms with E-state index in [9.17, 15) is 0 Å². The van der Waals surface area contributed by atoms with Gasteiger partial charge in [-0.25, -0.2) is 0 Å². The zero-order valence-electron chi connectivity index (χ0n) is 11.5. The summed E-state index contributed by atoms with van der Waals surface area (Å²) < 4.78 is 0. The van der Waals surface area contributed by atoms with Crippen molar-refractivity contribution in [2.45, 2.75) is 71.4 Å². The van der Waals surface area contributed by atoms with E-state index in [0.29, 0.717) is 0 Å². The molecule has 1 rings (SSSR count). The van der Waals surface area contributed by atoms with Gasteiger partial charge in [0, 0.05) is 25.2 Å².